The number of hydrogen-bond acceptors (Lipinski definition) is 4. The van der Waals surface area contributed by atoms with Crippen LogP contribution in [-0.4, -0.2) is 18.4 Å². The Morgan fingerprint density at radius 2 is 1.58 bits per heavy atom. The number of ether oxygens (including phenoxy) is 1. The summed E-state index contributed by atoms with van der Waals surface area (Å²) in [4.78, 5) is 28.3. The molecule has 1 N–H and O–H groups in total. The average Bonchev–Trinajstić information content (AvgIpc) is 3.01. The minimum atomic E-state index is -0.369. The second-order valence-corrected chi connectivity index (χ2v) is 7.43. The predicted molar refractivity (Wildman–Crippen MR) is 123 cm³/mol. The molecule has 1 heterocycles. The zero-order chi connectivity index (χ0) is 22.0. The van der Waals surface area contributed by atoms with Gasteiger partial charge in [-0.3, -0.25) is 9.59 Å². The van der Waals surface area contributed by atoms with E-state index >= 15 is 0 Å². The van der Waals surface area contributed by atoms with Crippen molar-refractivity contribution in [2.75, 3.05) is 16.8 Å². The van der Waals surface area contributed by atoms with Crippen LogP contribution in [0.15, 0.2) is 78.5 Å². The molecule has 3 aromatic carbocycles. The Kier molecular flexibility index (Phi) is 5.58. The van der Waals surface area contributed by atoms with Gasteiger partial charge in [-0.05, 0) is 67.8 Å². The molecule has 1 aliphatic heterocycles. The van der Waals surface area contributed by atoms with Gasteiger partial charge in [0.15, 0.2) is 0 Å². The summed E-state index contributed by atoms with van der Waals surface area (Å²) in [5.41, 5.74) is 4.45. The van der Waals surface area contributed by atoms with Crippen molar-refractivity contribution in [2.45, 2.75) is 20.8 Å². The summed E-state index contributed by atoms with van der Waals surface area (Å²) in [7, 11) is 0. The molecule has 2 amide bonds. The highest BCUT2D eigenvalue weighted by Crippen LogP contribution is 2.35. The fraction of sp³-hybridized carbons (Fsp3) is 0.154. The van der Waals surface area contributed by atoms with Crippen LogP contribution in [0, 0.1) is 13.8 Å². The van der Waals surface area contributed by atoms with Gasteiger partial charge in [0.05, 0.1) is 17.9 Å². The summed E-state index contributed by atoms with van der Waals surface area (Å²) in [6.07, 6.45) is 0. The first-order chi connectivity index (χ1) is 15.0. The number of imide groups is 1. The Bertz CT molecular complexity index is 1170. The number of amides is 2. The van der Waals surface area contributed by atoms with E-state index in [9.17, 15) is 9.59 Å². The Morgan fingerprint density at radius 3 is 2.26 bits per heavy atom. The number of aryl methyl sites for hydroxylation is 2. The third-order valence-corrected chi connectivity index (χ3v) is 5.19. The molecule has 0 unspecified atom stereocenters. The summed E-state index contributed by atoms with van der Waals surface area (Å²) in [6.45, 7) is 6.31. The lowest BCUT2D eigenvalue weighted by atomic mass is 10.0. The number of hydrogen-bond donors (Lipinski definition) is 1. The van der Waals surface area contributed by atoms with Crippen LogP contribution in [0.3, 0.4) is 0 Å². The van der Waals surface area contributed by atoms with Crippen molar-refractivity contribution in [1.29, 1.82) is 0 Å². The molecule has 0 saturated carbocycles. The zero-order valence-corrected chi connectivity index (χ0v) is 17.8. The maximum atomic E-state index is 13.6. The maximum Gasteiger partial charge on any atom is 0.282 e. The van der Waals surface area contributed by atoms with E-state index in [0.29, 0.717) is 29.2 Å². The third-order valence-electron chi connectivity index (χ3n) is 5.19. The molecule has 31 heavy (non-hydrogen) atoms. The lowest BCUT2D eigenvalue weighted by molar-refractivity contribution is -0.120. The number of benzene rings is 3. The Balaban J connectivity index is 1.82. The number of carbonyl (C=O) groups excluding carboxylic acids is 2. The molecule has 0 aromatic heterocycles. The summed E-state index contributed by atoms with van der Waals surface area (Å²) in [5.74, 6) is 0.000282. The SMILES string of the molecule is CCOc1ccc(C2=C(Nc3ccccc3)C(=O)N(c3cc(C)ccc3C)C2=O)cc1. The molecule has 5 heteroatoms. The summed E-state index contributed by atoms with van der Waals surface area (Å²) >= 11 is 0. The van der Waals surface area contributed by atoms with Crippen molar-refractivity contribution < 1.29 is 14.3 Å². The van der Waals surface area contributed by atoms with Crippen molar-refractivity contribution in [3.05, 3.63) is 95.2 Å². The molecule has 0 saturated heterocycles. The van der Waals surface area contributed by atoms with E-state index in [-0.39, 0.29) is 17.5 Å². The van der Waals surface area contributed by atoms with Crippen molar-refractivity contribution in [3.8, 4) is 5.75 Å². The van der Waals surface area contributed by atoms with Crippen LogP contribution < -0.4 is 15.0 Å². The molecule has 1 aliphatic rings. The Hall–Kier alpha value is -3.86. The van der Waals surface area contributed by atoms with Crippen LogP contribution in [0.25, 0.3) is 5.57 Å². The van der Waals surface area contributed by atoms with Gasteiger partial charge in [-0.2, -0.15) is 0 Å². The van der Waals surface area contributed by atoms with Gasteiger partial charge in [-0.1, -0.05) is 42.5 Å². The molecule has 0 bridgehead atoms. The Labute approximate surface area is 182 Å². The lowest BCUT2D eigenvalue weighted by Crippen LogP contribution is -2.33. The molecule has 0 radical (unpaired) electrons. The minimum Gasteiger partial charge on any atom is -0.494 e. The van der Waals surface area contributed by atoms with Crippen molar-refractivity contribution in [1.82, 2.24) is 0 Å². The summed E-state index contributed by atoms with van der Waals surface area (Å²) in [6, 6.07) is 22.4. The molecular formula is C26H24N2O3. The molecule has 0 spiro atoms. The molecule has 156 valence electrons. The first-order valence-corrected chi connectivity index (χ1v) is 10.2. The summed E-state index contributed by atoms with van der Waals surface area (Å²) in [5, 5.41) is 3.18. The van der Waals surface area contributed by atoms with Gasteiger partial charge in [0, 0.05) is 5.69 Å². The van der Waals surface area contributed by atoms with Gasteiger partial charge in [0.1, 0.15) is 11.4 Å². The van der Waals surface area contributed by atoms with Crippen LogP contribution in [0.2, 0.25) is 0 Å². The largest absolute Gasteiger partial charge is 0.494 e. The van der Waals surface area contributed by atoms with Gasteiger partial charge in [-0.15, -0.1) is 0 Å². The van der Waals surface area contributed by atoms with Crippen LogP contribution >= 0.6 is 0 Å². The first-order valence-electron chi connectivity index (χ1n) is 10.2. The molecule has 0 atom stereocenters. The number of anilines is 2. The molecule has 0 fully saturated rings. The lowest BCUT2D eigenvalue weighted by Gasteiger charge is -2.18. The van der Waals surface area contributed by atoms with Crippen molar-refractivity contribution >= 4 is 28.8 Å². The van der Waals surface area contributed by atoms with Crippen molar-refractivity contribution in [2.24, 2.45) is 0 Å². The van der Waals surface area contributed by atoms with E-state index in [0.717, 1.165) is 16.8 Å². The van der Waals surface area contributed by atoms with Crippen LogP contribution in [0.5, 0.6) is 5.75 Å². The monoisotopic (exact) mass is 412 g/mol. The fourth-order valence-corrected chi connectivity index (χ4v) is 3.64. The normalized spacial score (nSPS) is 13.7. The highest BCUT2D eigenvalue weighted by Gasteiger charge is 2.40. The summed E-state index contributed by atoms with van der Waals surface area (Å²) < 4.78 is 5.52. The highest BCUT2D eigenvalue weighted by molar-refractivity contribution is 6.46. The topological polar surface area (TPSA) is 58.6 Å². The van der Waals surface area contributed by atoms with E-state index in [1.54, 1.807) is 0 Å². The number of para-hydroxylation sites is 1. The van der Waals surface area contributed by atoms with Gasteiger partial charge in [0.25, 0.3) is 11.8 Å². The highest BCUT2D eigenvalue weighted by atomic mass is 16.5. The van der Waals surface area contributed by atoms with Crippen molar-refractivity contribution in [3.63, 3.8) is 0 Å². The van der Waals surface area contributed by atoms with Crippen LogP contribution in [-0.2, 0) is 9.59 Å². The van der Waals surface area contributed by atoms with E-state index < -0.39 is 0 Å². The first kappa shape index (κ1) is 20.4. The standard InChI is InChI=1S/C26H24N2O3/c1-4-31-21-14-12-19(13-15-21)23-24(27-20-8-6-5-7-9-20)26(30)28(25(23)29)22-16-17(2)10-11-18(22)3/h5-16,27H,4H2,1-3H3. The van der Waals surface area contributed by atoms with Gasteiger partial charge < -0.3 is 10.1 Å². The van der Waals surface area contributed by atoms with Crippen LogP contribution in [0.4, 0.5) is 11.4 Å². The average molecular weight is 412 g/mol. The van der Waals surface area contributed by atoms with Gasteiger partial charge in [-0.25, -0.2) is 4.90 Å². The number of carbonyl (C=O) groups is 2. The molecular weight excluding hydrogens is 388 g/mol. The molecule has 0 aliphatic carbocycles. The third kappa shape index (κ3) is 3.94. The van der Waals surface area contributed by atoms with Crippen LogP contribution in [0.1, 0.15) is 23.6 Å². The number of nitrogens with one attached hydrogen (secondary N) is 1. The number of rotatable bonds is 6. The second kappa shape index (κ2) is 8.48. The van der Waals surface area contributed by atoms with Gasteiger partial charge in [0.2, 0.25) is 0 Å². The fourth-order valence-electron chi connectivity index (χ4n) is 3.64. The van der Waals surface area contributed by atoms with E-state index in [2.05, 4.69) is 5.32 Å². The van der Waals surface area contributed by atoms with E-state index in [4.69, 9.17) is 4.74 Å². The molecule has 5 nitrogen and oxygen atoms in total. The smallest absolute Gasteiger partial charge is 0.282 e. The number of nitrogens with zero attached hydrogens (tertiary/aromatic N) is 1. The molecule has 4 rings (SSSR count). The van der Waals surface area contributed by atoms with E-state index in [1.807, 2.05) is 93.6 Å². The zero-order valence-electron chi connectivity index (χ0n) is 17.8. The maximum absolute atomic E-state index is 13.6. The molecule has 3 aromatic rings. The van der Waals surface area contributed by atoms with Gasteiger partial charge >= 0.3 is 0 Å². The second-order valence-electron chi connectivity index (χ2n) is 7.43. The predicted octanol–water partition coefficient (Wildman–Crippen LogP) is 5.10. The Morgan fingerprint density at radius 1 is 0.871 bits per heavy atom. The van der Waals surface area contributed by atoms with E-state index in [1.165, 1.54) is 4.90 Å². The quantitative estimate of drug-likeness (QED) is 0.573. The minimum absolute atomic E-state index is 0.265.